The molecular weight excluding hydrogens is 380 g/mol. The Morgan fingerprint density at radius 2 is 2.07 bits per heavy atom. The van der Waals surface area contributed by atoms with Crippen molar-refractivity contribution < 1.29 is 9.72 Å². The predicted octanol–water partition coefficient (Wildman–Crippen LogP) is 3.35. The summed E-state index contributed by atoms with van der Waals surface area (Å²) in [6, 6.07) is 6.26. The van der Waals surface area contributed by atoms with Gasteiger partial charge in [-0.05, 0) is 18.6 Å². The Kier molecular flexibility index (Phi) is 4.76. The van der Waals surface area contributed by atoms with Gasteiger partial charge in [0.2, 0.25) is 0 Å². The molecule has 4 rings (SSSR count). The van der Waals surface area contributed by atoms with Crippen LogP contribution in [0.5, 0.6) is 0 Å². The maximum Gasteiger partial charge on any atom is 0.273 e. The standard InChI is InChI=1S/C19H18N4O4S/c1-2-28-19-21-17-16(18(25)22-19)14(10-6-3-4-8-12(10)23(26)27)15-11(20-17)7-5-9-13(15)24/h3-4,6,8,14H,2,5,7,9H2,1H3,(H2,20,21,22,25). The first-order chi connectivity index (χ1) is 13.5. The summed E-state index contributed by atoms with van der Waals surface area (Å²) in [5, 5.41) is 15.3. The minimum atomic E-state index is -0.808. The number of H-pyrrole nitrogens is 1. The van der Waals surface area contributed by atoms with E-state index in [2.05, 4.69) is 15.3 Å². The van der Waals surface area contributed by atoms with Crippen LogP contribution in [0.4, 0.5) is 11.5 Å². The molecule has 0 radical (unpaired) electrons. The minimum Gasteiger partial charge on any atom is -0.343 e. The Morgan fingerprint density at radius 3 is 2.82 bits per heavy atom. The van der Waals surface area contributed by atoms with Gasteiger partial charge < -0.3 is 10.3 Å². The highest BCUT2D eigenvalue weighted by Crippen LogP contribution is 2.45. The number of nitro groups is 1. The van der Waals surface area contributed by atoms with Crippen molar-refractivity contribution in [3.05, 3.63) is 67.1 Å². The summed E-state index contributed by atoms with van der Waals surface area (Å²) in [6.07, 6.45) is 1.70. The average Bonchev–Trinajstić information content (AvgIpc) is 2.67. The number of aromatic amines is 1. The molecule has 0 fully saturated rings. The summed E-state index contributed by atoms with van der Waals surface area (Å²) in [5.41, 5.74) is 1.23. The highest BCUT2D eigenvalue weighted by atomic mass is 32.2. The van der Waals surface area contributed by atoms with Gasteiger partial charge in [-0.15, -0.1) is 0 Å². The second-order valence-electron chi connectivity index (χ2n) is 6.61. The van der Waals surface area contributed by atoms with Gasteiger partial charge in [-0.1, -0.05) is 36.9 Å². The van der Waals surface area contributed by atoms with Crippen LogP contribution in [0.25, 0.3) is 0 Å². The highest BCUT2D eigenvalue weighted by molar-refractivity contribution is 7.99. The Hall–Kier alpha value is -2.94. The SMILES string of the molecule is CCSc1nc2c(c(=O)[nH]1)C(c1ccccc1[N+](=O)[O-])C1=C(CCCC1=O)N2. The fraction of sp³-hybridized carbons (Fsp3) is 0.316. The number of Topliss-reactive ketones (excluding diaryl/α,β-unsaturated/α-hetero) is 1. The Bertz CT molecular complexity index is 1080. The van der Waals surface area contributed by atoms with Crippen molar-refractivity contribution >= 4 is 29.1 Å². The van der Waals surface area contributed by atoms with Crippen molar-refractivity contribution in [2.45, 2.75) is 37.3 Å². The summed E-state index contributed by atoms with van der Waals surface area (Å²) in [4.78, 5) is 44.1. The topological polar surface area (TPSA) is 118 Å². The van der Waals surface area contributed by atoms with Crippen LogP contribution >= 0.6 is 11.8 Å². The minimum absolute atomic E-state index is 0.0889. The highest BCUT2D eigenvalue weighted by Gasteiger charge is 2.40. The molecule has 1 unspecified atom stereocenters. The summed E-state index contributed by atoms with van der Waals surface area (Å²) in [7, 11) is 0. The monoisotopic (exact) mass is 398 g/mol. The summed E-state index contributed by atoms with van der Waals surface area (Å²) < 4.78 is 0. The molecule has 1 aromatic heterocycles. The number of hydrogen-bond donors (Lipinski definition) is 2. The lowest BCUT2D eigenvalue weighted by Gasteiger charge is -2.32. The summed E-state index contributed by atoms with van der Waals surface area (Å²) in [6.45, 7) is 1.95. The van der Waals surface area contributed by atoms with Crippen LogP contribution in [0.2, 0.25) is 0 Å². The van der Waals surface area contributed by atoms with E-state index in [4.69, 9.17) is 0 Å². The average molecular weight is 398 g/mol. The van der Waals surface area contributed by atoms with E-state index in [0.29, 0.717) is 47.1 Å². The molecule has 28 heavy (non-hydrogen) atoms. The van der Waals surface area contributed by atoms with Crippen molar-refractivity contribution in [2.24, 2.45) is 0 Å². The maximum absolute atomic E-state index is 13.0. The van der Waals surface area contributed by atoms with E-state index in [1.165, 1.54) is 17.8 Å². The molecule has 8 nitrogen and oxygen atoms in total. The third-order valence-electron chi connectivity index (χ3n) is 4.96. The number of anilines is 1. The predicted molar refractivity (Wildman–Crippen MR) is 106 cm³/mol. The third kappa shape index (κ3) is 3.01. The summed E-state index contributed by atoms with van der Waals surface area (Å²) >= 11 is 1.40. The van der Waals surface area contributed by atoms with E-state index < -0.39 is 10.8 Å². The van der Waals surface area contributed by atoms with Gasteiger partial charge >= 0.3 is 0 Å². The van der Waals surface area contributed by atoms with Gasteiger partial charge in [0.25, 0.3) is 11.2 Å². The van der Waals surface area contributed by atoms with E-state index >= 15 is 0 Å². The molecule has 2 N–H and O–H groups in total. The molecule has 0 amide bonds. The van der Waals surface area contributed by atoms with Gasteiger partial charge in [0.05, 0.1) is 16.4 Å². The van der Waals surface area contributed by atoms with Gasteiger partial charge in [-0.25, -0.2) is 4.98 Å². The molecule has 1 aliphatic carbocycles. The first-order valence-electron chi connectivity index (χ1n) is 9.04. The van der Waals surface area contributed by atoms with Crippen LogP contribution in [0.3, 0.4) is 0 Å². The number of rotatable bonds is 4. The molecule has 2 heterocycles. The number of fused-ring (bicyclic) bond motifs is 1. The maximum atomic E-state index is 13.0. The number of carbonyl (C=O) groups is 1. The van der Waals surface area contributed by atoms with Crippen molar-refractivity contribution in [1.29, 1.82) is 0 Å². The third-order valence-corrected chi connectivity index (χ3v) is 5.72. The molecule has 0 bridgehead atoms. The lowest BCUT2D eigenvalue weighted by Crippen LogP contribution is -2.33. The molecule has 144 valence electrons. The van der Waals surface area contributed by atoms with E-state index in [-0.39, 0.29) is 22.6 Å². The number of ketones is 1. The lowest BCUT2D eigenvalue weighted by molar-refractivity contribution is -0.385. The van der Waals surface area contributed by atoms with E-state index in [0.717, 1.165) is 5.75 Å². The number of allylic oxidation sites excluding steroid dienone is 2. The Labute approximate surface area is 164 Å². The number of hydrogen-bond acceptors (Lipinski definition) is 7. The summed E-state index contributed by atoms with van der Waals surface area (Å²) in [5.74, 6) is 0.213. The van der Waals surface area contributed by atoms with E-state index in [9.17, 15) is 19.7 Å². The second-order valence-corrected chi connectivity index (χ2v) is 7.86. The van der Waals surface area contributed by atoms with Crippen molar-refractivity contribution in [3.63, 3.8) is 0 Å². The van der Waals surface area contributed by atoms with Gasteiger partial charge in [0, 0.05) is 29.3 Å². The van der Waals surface area contributed by atoms with Gasteiger partial charge in [0.1, 0.15) is 5.82 Å². The van der Waals surface area contributed by atoms with Gasteiger partial charge in [-0.2, -0.15) is 0 Å². The van der Waals surface area contributed by atoms with Crippen LogP contribution in [0.1, 0.15) is 43.2 Å². The van der Waals surface area contributed by atoms with Gasteiger partial charge in [0.15, 0.2) is 10.9 Å². The first-order valence-corrected chi connectivity index (χ1v) is 10.0. The second kappa shape index (κ2) is 7.23. The number of aromatic nitrogens is 2. The van der Waals surface area contributed by atoms with E-state index in [1.54, 1.807) is 18.2 Å². The molecule has 1 atom stereocenters. The molecular formula is C19H18N4O4S. The number of nitrogens with zero attached hydrogens (tertiary/aromatic N) is 2. The Balaban J connectivity index is 2.00. The molecule has 0 saturated carbocycles. The molecule has 1 aliphatic heterocycles. The fourth-order valence-corrected chi connectivity index (χ4v) is 4.45. The zero-order chi connectivity index (χ0) is 19.8. The van der Waals surface area contributed by atoms with Crippen molar-refractivity contribution in [1.82, 2.24) is 9.97 Å². The zero-order valence-corrected chi connectivity index (χ0v) is 16.0. The molecule has 0 saturated heterocycles. The number of nitrogens with one attached hydrogen (secondary N) is 2. The molecule has 1 aromatic carbocycles. The Morgan fingerprint density at radius 1 is 1.29 bits per heavy atom. The van der Waals surface area contributed by atoms with Crippen molar-refractivity contribution in [3.8, 4) is 0 Å². The quantitative estimate of drug-likeness (QED) is 0.351. The zero-order valence-electron chi connectivity index (χ0n) is 15.2. The van der Waals surface area contributed by atoms with E-state index in [1.807, 2.05) is 6.92 Å². The van der Waals surface area contributed by atoms with Crippen LogP contribution in [0.15, 0.2) is 45.5 Å². The number of carbonyl (C=O) groups excluding carboxylic acids is 1. The number of nitro benzene ring substituents is 1. The number of benzene rings is 1. The van der Waals surface area contributed by atoms with Crippen molar-refractivity contribution in [2.75, 3.05) is 11.1 Å². The van der Waals surface area contributed by atoms with Crippen LogP contribution in [-0.2, 0) is 4.79 Å². The first kappa shape index (κ1) is 18.4. The number of para-hydroxylation sites is 1. The van der Waals surface area contributed by atoms with Crippen LogP contribution in [0, 0.1) is 10.1 Å². The van der Waals surface area contributed by atoms with Gasteiger partial charge in [-0.3, -0.25) is 19.7 Å². The largest absolute Gasteiger partial charge is 0.343 e. The molecule has 2 aliphatic rings. The molecule has 0 spiro atoms. The molecule has 9 heteroatoms. The molecule has 2 aromatic rings. The normalized spacial score (nSPS) is 18.3. The fourth-order valence-electron chi connectivity index (χ4n) is 3.85. The lowest BCUT2D eigenvalue weighted by atomic mass is 9.76. The number of thioether (sulfide) groups is 1. The van der Waals surface area contributed by atoms with Crippen LogP contribution < -0.4 is 10.9 Å². The van der Waals surface area contributed by atoms with Crippen LogP contribution in [-0.4, -0.2) is 26.4 Å². The smallest absolute Gasteiger partial charge is 0.273 e.